The summed E-state index contributed by atoms with van der Waals surface area (Å²) in [6, 6.07) is 8.81. The number of halogens is 2. The van der Waals surface area contributed by atoms with Crippen LogP contribution in [0.2, 0.25) is 0 Å². The van der Waals surface area contributed by atoms with Gasteiger partial charge < -0.3 is 4.74 Å². The number of nitrogens with zero attached hydrogens (tertiary/aromatic N) is 2. The summed E-state index contributed by atoms with van der Waals surface area (Å²) in [6.45, 7) is -0.224. The van der Waals surface area contributed by atoms with Gasteiger partial charge in [-0.3, -0.25) is 19.3 Å². The lowest BCUT2D eigenvalue weighted by atomic mass is 9.98. The fourth-order valence-corrected chi connectivity index (χ4v) is 5.40. The highest BCUT2D eigenvalue weighted by molar-refractivity contribution is 7.89. The molecule has 11 heteroatoms. The zero-order chi connectivity index (χ0) is 23.8. The zero-order valence-electron chi connectivity index (χ0n) is 17.4. The first-order valence-corrected chi connectivity index (χ1v) is 11.7. The van der Waals surface area contributed by atoms with Gasteiger partial charge in [0.05, 0.1) is 28.5 Å². The SMILES string of the molecule is O=C(OCCN1C(=O)c2ccccc2C1=O)C1CCN(S(=O)(=O)c2ccc(F)c(F)c2)CC1. The molecule has 174 valence electrons. The lowest BCUT2D eigenvalue weighted by Crippen LogP contribution is -2.41. The Kier molecular flexibility index (Phi) is 6.26. The lowest BCUT2D eigenvalue weighted by molar-refractivity contribution is -0.150. The van der Waals surface area contributed by atoms with Gasteiger partial charge in [-0.15, -0.1) is 0 Å². The maximum Gasteiger partial charge on any atom is 0.309 e. The minimum absolute atomic E-state index is 0.0134. The molecule has 1 fully saturated rings. The maximum absolute atomic E-state index is 13.4. The summed E-state index contributed by atoms with van der Waals surface area (Å²) in [5.74, 6) is -4.38. The van der Waals surface area contributed by atoms with Crippen molar-refractivity contribution >= 4 is 27.8 Å². The molecular weight excluding hydrogens is 458 g/mol. The second kappa shape index (κ2) is 8.99. The summed E-state index contributed by atoms with van der Waals surface area (Å²) in [4.78, 5) is 37.7. The van der Waals surface area contributed by atoms with Crippen molar-refractivity contribution in [3.63, 3.8) is 0 Å². The zero-order valence-corrected chi connectivity index (χ0v) is 18.2. The van der Waals surface area contributed by atoms with Crippen molar-refractivity contribution in [2.24, 2.45) is 5.92 Å². The third-order valence-corrected chi connectivity index (χ3v) is 7.65. The van der Waals surface area contributed by atoms with Gasteiger partial charge in [0, 0.05) is 13.1 Å². The molecule has 0 aliphatic carbocycles. The average Bonchev–Trinajstić information content (AvgIpc) is 3.05. The smallest absolute Gasteiger partial charge is 0.309 e. The minimum Gasteiger partial charge on any atom is -0.464 e. The number of carbonyl (C=O) groups is 3. The number of imide groups is 1. The van der Waals surface area contributed by atoms with Crippen LogP contribution in [-0.2, 0) is 19.6 Å². The number of rotatable bonds is 6. The number of hydrogen-bond acceptors (Lipinski definition) is 6. The summed E-state index contributed by atoms with van der Waals surface area (Å²) in [6.07, 6.45) is 0.378. The molecule has 2 aliphatic rings. The van der Waals surface area contributed by atoms with Gasteiger partial charge >= 0.3 is 5.97 Å². The molecule has 0 N–H and O–H groups in total. The van der Waals surface area contributed by atoms with Crippen molar-refractivity contribution in [3.8, 4) is 0 Å². The molecule has 2 heterocycles. The molecule has 0 atom stereocenters. The normalized spacial score (nSPS) is 17.3. The van der Waals surface area contributed by atoms with E-state index >= 15 is 0 Å². The highest BCUT2D eigenvalue weighted by Gasteiger charge is 2.36. The maximum atomic E-state index is 13.4. The molecule has 2 aromatic carbocycles. The molecule has 33 heavy (non-hydrogen) atoms. The number of amides is 2. The Morgan fingerprint density at radius 2 is 1.58 bits per heavy atom. The topological polar surface area (TPSA) is 101 Å². The second-order valence-electron chi connectivity index (χ2n) is 7.73. The fraction of sp³-hybridized carbons (Fsp3) is 0.318. The van der Waals surface area contributed by atoms with Crippen LogP contribution in [0.4, 0.5) is 8.78 Å². The Hall–Kier alpha value is -3.18. The highest BCUT2D eigenvalue weighted by atomic mass is 32.2. The summed E-state index contributed by atoms with van der Waals surface area (Å²) in [5, 5.41) is 0. The average molecular weight is 478 g/mol. The number of piperidine rings is 1. The van der Waals surface area contributed by atoms with E-state index in [9.17, 15) is 31.6 Å². The van der Waals surface area contributed by atoms with E-state index in [0.717, 1.165) is 21.3 Å². The highest BCUT2D eigenvalue weighted by Crippen LogP contribution is 2.26. The first-order chi connectivity index (χ1) is 15.7. The number of benzene rings is 2. The number of carbonyl (C=O) groups excluding carboxylic acids is 3. The van der Waals surface area contributed by atoms with Crippen molar-refractivity contribution in [2.45, 2.75) is 17.7 Å². The number of ether oxygens (including phenoxy) is 1. The summed E-state index contributed by atoms with van der Waals surface area (Å²) < 4.78 is 58.2. The van der Waals surface area contributed by atoms with Gasteiger partial charge in [-0.05, 0) is 43.2 Å². The van der Waals surface area contributed by atoms with Crippen molar-refractivity contribution in [1.82, 2.24) is 9.21 Å². The Morgan fingerprint density at radius 1 is 0.970 bits per heavy atom. The number of sulfonamides is 1. The standard InChI is InChI=1S/C22H20F2N2O6S/c23-18-6-5-15(13-19(18)24)33(30,31)25-9-7-14(8-10-25)22(29)32-12-11-26-20(27)16-3-1-2-4-17(16)21(26)28/h1-6,13-14H,7-12H2. The monoisotopic (exact) mass is 478 g/mol. The van der Waals surface area contributed by atoms with E-state index < -0.39 is 45.4 Å². The van der Waals surface area contributed by atoms with Gasteiger partial charge in [0.25, 0.3) is 11.8 Å². The van der Waals surface area contributed by atoms with Crippen LogP contribution in [0.3, 0.4) is 0 Å². The Balaban J connectivity index is 1.28. The van der Waals surface area contributed by atoms with Gasteiger partial charge in [0.1, 0.15) is 6.61 Å². The quantitative estimate of drug-likeness (QED) is 0.466. The van der Waals surface area contributed by atoms with Crippen LogP contribution in [-0.4, -0.2) is 61.6 Å². The van der Waals surface area contributed by atoms with Crippen molar-refractivity contribution < 1.29 is 36.3 Å². The second-order valence-corrected chi connectivity index (χ2v) is 9.67. The fourth-order valence-electron chi connectivity index (χ4n) is 3.92. The van der Waals surface area contributed by atoms with E-state index in [4.69, 9.17) is 4.74 Å². The largest absolute Gasteiger partial charge is 0.464 e. The Labute approximate surface area is 188 Å². The van der Waals surface area contributed by atoms with Crippen LogP contribution < -0.4 is 0 Å². The van der Waals surface area contributed by atoms with E-state index in [1.165, 1.54) is 0 Å². The Bertz CT molecular complexity index is 1190. The van der Waals surface area contributed by atoms with E-state index in [1.807, 2.05) is 0 Å². The van der Waals surface area contributed by atoms with Crippen molar-refractivity contribution in [3.05, 3.63) is 65.2 Å². The summed E-state index contributed by atoms with van der Waals surface area (Å²) >= 11 is 0. The van der Waals surface area contributed by atoms with Gasteiger partial charge in [0.2, 0.25) is 10.0 Å². The molecule has 8 nitrogen and oxygen atoms in total. The minimum atomic E-state index is -4.02. The lowest BCUT2D eigenvalue weighted by Gasteiger charge is -2.30. The van der Waals surface area contributed by atoms with E-state index in [1.54, 1.807) is 24.3 Å². The first kappa shape index (κ1) is 23.0. The summed E-state index contributed by atoms with van der Waals surface area (Å²) in [5.41, 5.74) is 0.617. The van der Waals surface area contributed by atoms with Gasteiger partial charge in [-0.2, -0.15) is 4.31 Å². The van der Waals surface area contributed by atoms with Crippen molar-refractivity contribution in [2.75, 3.05) is 26.2 Å². The molecule has 0 unspecified atom stereocenters. The number of esters is 1. The molecule has 2 aromatic rings. The van der Waals surface area contributed by atoms with Gasteiger partial charge in [0.15, 0.2) is 11.6 Å². The third kappa shape index (κ3) is 4.38. The van der Waals surface area contributed by atoms with E-state index in [2.05, 4.69) is 0 Å². The van der Waals surface area contributed by atoms with Gasteiger partial charge in [-0.1, -0.05) is 12.1 Å². The molecule has 0 spiro atoms. The van der Waals surface area contributed by atoms with Crippen LogP contribution in [0.5, 0.6) is 0 Å². The van der Waals surface area contributed by atoms with Crippen LogP contribution in [0.15, 0.2) is 47.4 Å². The Morgan fingerprint density at radius 3 is 2.15 bits per heavy atom. The molecule has 2 aliphatic heterocycles. The summed E-state index contributed by atoms with van der Waals surface area (Å²) in [7, 11) is -4.02. The molecular formula is C22H20F2N2O6S. The molecule has 2 amide bonds. The first-order valence-electron chi connectivity index (χ1n) is 10.3. The molecule has 0 radical (unpaired) electrons. The molecule has 4 rings (SSSR count). The van der Waals surface area contributed by atoms with Crippen molar-refractivity contribution in [1.29, 1.82) is 0 Å². The third-order valence-electron chi connectivity index (χ3n) is 5.75. The van der Waals surface area contributed by atoms with Crippen LogP contribution in [0.25, 0.3) is 0 Å². The molecule has 0 saturated carbocycles. The molecule has 1 saturated heterocycles. The van der Waals surface area contributed by atoms with Crippen LogP contribution in [0, 0.1) is 17.6 Å². The predicted octanol–water partition coefficient (Wildman–Crippen LogP) is 2.20. The van der Waals surface area contributed by atoms with Crippen LogP contribution >= 0.6 is 0 Å². The molecule has 0 bridgehead atoms. The number of hydrogen-bond donors (Lipinski definition) is 0. The molecule has 0 aromatic heterocycles. The predicted molar refractivity (Wildman–Crippen MR) is 111 cm³/mol. The van der Waals surface area contributed by atoms with E-state index in [0.29, 0.717) is 17.2 Å². The number of fused-ring (bicyclic) bond motifs is 1. The van der Waals surface area contributed by atoms with Gasteiger partial charge in [-0.25, -0.2) is 17.2 Å². The van der Waals surface area contributed by atoms with E-state index in [-0.39, 0.29) is 44.0 Å². The van der Waals surface area contributed by atoms with Crippen LogP contribution in [0.1, 0.15) is 33.6 Å².